The number of furan rings is 1. The fourth-order valence-electron chi connectivity index (χ4n) is 7.19. The van der Waals surface area contributed by atoms with Gasteiger partial charge >= 0.3 is 0 Å². The molecule has 2 aromatic heterocycles. The molecule has 0 aliphatic rings. The zero-order valence-electron chi connectivity index (χ0n) is 25.4. The first-order chi connectivity index (χ1) is 23.3. The molecule has 8 aromatic carbocycles. The first kappa shape index (κ1) is 26.3. The van der Waals surface area contributed by atoms with Gasteiger partial charge in [0.1, 0.15) is 11.2 Å². The van der Waals surface area contributed by atoms with Crippen molar-refractivity contribution in [1.82, 2.24) is 0 Å². The molecule has 0 aliphatic carbocycles. The Kier molecular flexibility index (Phi) is 5.78. The number of rotatable bonds is 4. The van der Waals surface area contributed by atoms with Crippen LogP contribution in [0.2, 0.25) is 0 Å². The highest BCUT2D eigenvalue weighted by atomic mass is 32.1. The first-order valence-electron chi connectivity index (χ1n) is 15.9. The Labute approximate surface area is 275 Å². The highest BCUT2D eigenvalue weighted by Gasteiger charge is 2.19. The summed E-state index contributed by atoms with van der Waals surface area (Å²) in [5.74, 6) is 0. The average molecular weight is 618 g/mol. The van der Waals surface area contributed by atoms with Crippen molar-refractivity contribution in [2.45, 2.75) is 0 Å². The van der Waals surface area contributed by atoms with Crippen LogP contribution in [0.1, 0.15) is 0 Å². The summed E-state index contributed by atoms with van der Waals surface area (Å²) in [6.07, 6.45) is 0. The molecule has 0 amide bonds. The van der Waals surface area contributed by atoms with Crippen LogP contribution in [0.3, 0.4) is 0 Å². The Morgan fingerprint density at radius 1 is 0.426 bits per heavy atom. The predicted molar refractivity (Wildman–Crippen MR) is 202 cm³/mol. The molecule has 0 aliphatic heterocycles. The number of thiophene rings is 1. The zero-order valence-corrected chi connectivity index (χ0v) is 26.2. The fourth-order valence-corrected chi connectivity index (χ4v) is 8.39. The second-order valence-corrected chi connectivity index (χ2v) is 13.2. The minimum Gasteiger partial charge on any atom is -0.456 e. The van der Waals surface area contributed by atoms with E-state index in [0.717, 1.165) is 27.9 Å². The zero-order chi connectivity index (χ0) is 30.9. The molecule has 0 atom stereocenters. The van der Waals surface area contributed by atoms with E-state index in [-0.39, 0.29) is 0 Å². The maximum absolute atomic E-state index is 6.22. The van der Waals surface area contributed by atoms with Crippen molar-refractivity contribution in [1.29, 1.82) is 0 Å². The normalized spacial score (nSPS) is 11.8. The number of benzene rings is 8. The van der Waals surface area contributed by atoms with E-state index in [1.807, 2.05) is 23.5 Å². The van der Waals surface area contributed by atoms with Crippen LogP contribution in [0.5, 0.6) is 0 Å². The van der Waals surface area contributed by atoms with Crippen molar-refractivity contribution in [2.24, 2.45) is 0 Å². The van der Waals surface area contributed by atoms with Gasteiger partial charge in [-0.2, -0.15) is 0 Å². The summed E-state index contributed by atoms with van der Waals surface area (Å²) in [6.45, 7) is 0. The van der Waals surface area contributed by atoms with Gasteiger partial charge in [-0.15, -0.1) is 11.3 Å². The van der Waals surface area contributed by atoms with E-state index in [9.17, 15) is 0 Å². The van der Waals surface area contributed by atoms with E-state index < -0.39 is 0 Å². The van der Waals surface area contributed by atoms with Crippen molar-refractivity contribution >= 4 is 92.1 Å². The van der Waals surface area contributed by atoms with Gasteiger partial charge in [0, 0.05) is 37.6 Å². The molecule has 0 saturated heterocycles. The summed E-state index contributed by atoms with van der Waals surface area (Å²) in [6, 6.07) is 59.1. The molecule has 0 spiro atoms. The quantitative estimate of drug-likeness (QED) is 0.195. The lowest BCUT2D eigenvalue weighted by Crippen LogP contribution is -2.10. The van der Waals surface area contributed by atoms with Crippen LogP contribution in [0.4, 0.5) is 17.1 Å². The molecule has 2 heterocycles. The van der Waals surface area contributed by atoms with Gasteiger partial charge in [0.15, 0.2) is 0 Å². The molecular formula is C44H27NOS. The molecule has 3 heteroatoms. The number of nitrogens with zero attached hydrogens (tertiary/aromatic N) is 1. The molecule has 220 valence electrons. The van der Waals surface area contributed by atoms with Gasteiger partial charge in [-0.1, -0.05) is 109 Å². The minimum atomic E-state index is 0.919. The van der Waals surface area contributed by atoms with E-state index in [1.165, 1.54) is 63.9 Å². The maximum atomic E-state index is 6.22. The molecular weight excluding hydrogens is 591 g/mol. The molecule has 2 nitrogen and oxygen atoms in total. The standard InChI is InChI=1S/C44H27NOS/c1-2-9-30-26-31(17-16-28(30)8-1)29-18-21-33(22-19-29)45(39-13-7-12-37-36-10-4-6-15-42(36)47-44(37)39)34-23-24-35-32(27-34)20-25-41-43(35)38-11-3-5-14-40(38)46-41/h1-27H. The summed E-state index contributed by atoms with van der Waals surface area (Å²) in [7, 11) is 0. The third-order valence-electron chi connectivity index (χ3n) is 9.43. The first-order valence-corrected chi connectivity index (χ1v) is 16.7. The van der Waals surface area contributed by atoms with Crippen molar-refractivity contribution in [2.75, 3.05) is 4.90 Å². The molecule has 0 unspecified atom stereocenters. The lowest BCUT2D eigenvalue weighted by molar-refractivity contribution is 0.669. The topological polar surface area (TPSA) is 16.4 Å². The lowest BCUT2D eigenvalue weighted by atomic mass is 10.0. The second-order valence-electron chi connectivity index (χ2n) is 12.1. The van der Waals surface area contributed by atoms with Gasteiger partial charge in [-0.3, -0.25) is 0 Å². The largest absolute Gasteiger partial charge is 0.456 e. The summed E-state index contributed by atoms with van der Waals surface area (Å²) in [4.78, 5) is 2.42. The fraction of sp³-hybridized carbons (Fsp3) is 0. The van der Waals surface area contributed by atoms with Gasteiger partial charge < -0.3 is 9.32 Å². The summed E-state index contributed by atoms with van der Waals surface area (Å²) < 4.78 is 8.80. The molecule has 0 N–H and O–H groups in total. The van der Waals surface area contributed by atoms with Gasteiger partial charge in [0.25, 0.3) is 0 Å². The molecule has 0 bridgehead atoms. The number of para-hydroxylation sites is 1. The Balaban J connectivity index is 1.17. The third-order valence-corrected chi connectivity index (χ3v) is 10.6. The predicted octanol–water partition coefficient (Wildman–Crippen LogP) is 13.4. The van der Waals surface area contributed by atoms with Crippen LogP contribution in [0.15, 0.2) is 168 Å². The Bertz CT molecular complexity index is 2810. The van der Waals surface area contributed by atoms with E-state index in [4.69, 9.17) is 4.42 Å². The number of anilines is 3. The monoisotopic (exact) mass is 617 g/mol. The molecule has 10 rings (SSSR count). The maximum Gasteiger partial charge on any atom is 0.136 e. The highest BCUT2D eigenvalue weighted by Crippen LogP contribution is 2.46. The van der Waals surface area contributed by atoms with E-state index in [0.29, 0.717) is 0 Å². The average Bonchev–Trinajstić information content (AvgIpc) is 3.71. The summed E-state index contributed by atoms with van der Waals surface area (Å²) in [5.41, 5.74) is 7.67. The third kappa shape index (κ3) is 4.17. The van der Waals surface area contributed by atoms with Crippen LogP contribution < -0.4 is 4.90 Å². The van der Waals surface area contributed by atoms with Crippen molar-refractivity contribution in [3.8, 4) is 11.1 Å². The van der Waals surface area contributed by atoms with E-state index in [2.05, 4.69) is 157 Å². The summed E-state index contributed by atoms with van der Waals surface area (Å²) >= 11 is 1.86. The molecule has 0 radical (unpaired) electrons. The van der Waals surface area contributed by atoms with Gasteiger partial charge in [-0.05, 0) is 87.3 Å². The SMILES string of the molecule is c1ccc2cc(-c3ccc(N(c4ccc5c(ccc6oc7ccccc7c65)c4)c4cccc5c4sc4ccccc45)cc3)ccc2c1. The van der Waals surface area contributed by atoms with Crippen LogP contribution >= 0.6 is 11.3 Å². The van der Waals surface area contributed by atoms with E-state index >= 15 is 0 Å². The molecule has 0 fully saturated rings. The van der Waals surface area contributed by atoms with Crippen LogP contribution in [0.25, 0.3) is 74.8 Å². The smallest absolute Gasteiger partial charge is 0.136 e. The second kappa shape index (κ2) is 10.3. The highest BCUT2D eigenvalue weighted by molar-refractivity contribution is 7.26. The Morgan fingerprint density at radius 2 is 1.15 bits per heavy atom. The number of hydrogen-bond donors (Lipinski definition) is 0. The lowest BCUT2D eigenvalue weighted by Gasteiger charge is -2.26. The van der Waals surface area contributed by atoms with E-state index in [1.54, 1.807) is 0 Å². The summed E-state index contributed by atoms with van der Waals surface area (Å²) in [5, 5.41) is 9.79. The van der Waals surface area contributed by atoms with Crippen LogP contribution in [-0.4, -0.2) is 0 Å². The van der Waals surface area contributed by atoms with Gasteiger partial charge in [0.2, 0.25) is 0 Å². The number of fused-ring (bicyclic) bond motifs is 9. The van der Waals surface area contributed by atoms with Crippen molar-refractivity contribution in [3.63, 3.8) is 0 Å². The molecule has 0 saturated carbocycles. The Morgan fingerprint density at radius 3 is 2.06 bits per heavy atom. The molecule has 10 aromatic rings. The van der Waals surface area contributed by atoms with Crippen molar-refractivity contribution in [3.05, 3.63) is 164 Å². The number of hydrogen-bond acceptors (Lipinski definition) is 3. The Hall–Kier alpha value is -5.90. The molecule has 47 heavy (non-hydrogen) atoms. The van der Waals surface area contributed by atoms with Gasteiger partial charge in [-0.25, -0.2) is 0 Å². The van der Waals surface area contributed by atoms with Crippen molar-refractivity contribution < 1.29 is 4.42 Å². The van der Waals surface area contributed by atoms with Crippen LogP contribution in [0, 0.1) is 0 Å². The minimum absolute atomic E-state index is 0.919. The van der Waals surface area contributed by atoms with Crippen LogP contribution in [-0.2, 0) is 0 Å². The van der Waals surface area contributed by atoms with Gasteiger partial charge in [0.05, 0.1) is 10.4 Å².